The monoisotopic (exact) mass is 408 g/mol. The van der Waals surface area contributed by atoms with Crippen molar-refractivity contribution in [1.29, 1.82) is 0 Å². The van der Waals surface area contributed by atoms with Crippen LogP contribution in [0.2, 0.25) is 0 Å². The summed E-state index contributed by atoms with van der Waals surface area (Å²) in [7, 11) is -3.49. The van der Waals surface area contributed by atoms with Crippen molar-refractivity contribution in [2.45, 2.75) is 11.8 Å². The SMILES string of the molecule is Cc1nnc2c3ccccc3nc(N3CCN(S(=O)(=O)c4ccccc4)CC3)n12. The minimum Gasteiger partial charge on any atom is -0.339 e. The first kappa shape index (κ1) is 18.0. The van der Waals surface area contributed by atoms with Crippen LogP contribution in [0.15, 0.2) is 59.5 Å². The average molecular weight is 408 g/mol. The molecule has 8 nitrogen and oxygen atoms in total. The molecule has 148 valence electrons. The van der Waals surface area contributed by atoms with E-state index in [2.05, 4.69) is 15.1 Å². The van der Waals surface area contributed by atoms with Gasteiger partial charge in [-0.15, -0.1) is 10.2 Å². The molecule has 29 heavy (non-hydrogen) atoms. The lowest BCUT2D eigenvalue weighted by Crippen LogP contribution is -2.49. The zero-order valence-corrected chi connectivity index (χ0v) is 16.7. The van der Waals surface area contributed by atoms with Gasteiger partial charge in [0, 0.05) is 31.6 Å². The van der Waals surface area contributed by atoms with Gasteiger partial charge in [0.05, 0.1) is 10.4 Å². The average Bonchev–Trinajstić information content (AvgIpc) is 3.16. The summed E-state index contributed by atoms with van der Waals surface area (Å²) in [5, 5.41) is 9.52. The first-order chi connectivity index (χ1) is 14.1. The Morgan fingerprint density at radius 2 is 1.55 bits per heavy atom. The highest BCUT2D eigenvalue weighted by atomic mass is 32.2. The molecule has 1 fully saturated rings. The van der Waals surface area contributed by atoms with Crippen LogP contribution in [-0.2, 0) is 10.0 Å². The van der Waals surface area contributed by atoms with Gasteiger partial charge in [0.15, 0.2) is 5.65 Å². The molecule has 0 atom stereocenters. The van der Waals surface area contributed by atoms with E-state index in [1.54, 1.807) is 24.3 Å². The topological polar surface area (TPSA) is 83.7 Å². The van der Waals surface area contributed by atoms with Crippen molar-refractivity contribution in [2.24, 2.45) is 0 Å². The summed E-state index contributed by atoms with van der Waals surface area (Å²) in [6.07, 6.45) is 0. The van der Waals surface area contributed by atoms with Crippen LogP contribution in [0.1, 0.15) is 5.82 Å². The third-order valence-corrected chi connectivity index (χ3v) is 7.21. The van der Waals surface area contributed by atoms with Crippen molar-refractivity contribution in [3.63, 3.8) is 0 Å². The van der Waals surface area contributed by atoms with Crippen LogP contribution in [0.25, 0.3) is 16.6 Å². The second-order valence-electron chi connectivity index (χ2n) is 7.04. The van der Waals surface area contributed by atoms with E-state index in [0.29, 0.717) is 31.1 Å². The van der Waals surface area contributed by atoms with Gasteiger partial charge in [0.2, 0.25) is 16.0 Å². The van der Waals surface area contributed by atoms with E-state index in [-0.39, 0.29) is 0 Å². The van der Waals surface area contributed by atoms with Gasteiger partial charge in [-0.3, -0.25) is 0 Å². The van der Waals surface area contributed by atoms with Gasteiger partial charge in [-0.25, -0.2) is 17.8 Å². The molecule has 0 spiro atoms. The molecule has 3 heterocycles. The van der Waals surface area contributed by atoms with E-state index < -0.39 is 10.0 Å². The van der Waals surface area contributed by atoms with E-state index in [1.165, 1.54) is 4.31 Å². The molecule has 0 saturated carbocycles. The van der Waals surface area contributed by atoms with E-state index in [9.17, 15) is 8.42 Å². The Morgan fingerprint density at radius 1 is 0.862 bits per heavy atom. The number of aromatic nitrogens is 4. The maximum Gasteiger partial charge on any atom is 0.243 e. The van der Waals surface area contributed by atoms with Gasteiger partial charge in [0.1, 0.15) is 5.82 Å². The number of rotatable bonds is 3. The molecule has 0 unspecified atom stereocenters. The number of hydrogen-bond acceptors (Lipinski definition) is 6. The molecule has 2 aromatic carbocycles. The highest BCUT2D eigenvalue weighted by Crippen LogP contribution is 2.25. The smallest absolute Gasteiger partial charge is 0.243 e. The molecule has 1 saturated heterocycles. The number of aryl methyl sites for hydroxylation is 1. The predicted molar refractivity (Wildman–Crippen MR) is 110 cm³/mol. The van der Waals surface area contributed by atoms with Crippen molar-refractivity contribution >= 4 is 32.5 Å². The largest absolute Gasteiger partial charge is 0.339 e. The highest BCUT2D eigenvalue weighted by molar-refractivity contribution is 7.89. The standard InChI is InChI=1S/C20H20N6O2S/c1-15-22-23-19-17-9-5-6-10-18(17)21-20(26(15)19)24-11-13-25(14-12-24)29(27,28)16-7-3-2-4-8-16/h2-10H,11-14H2,1H3. The van der Waals surface area contributed by atoms with Crippen molar-refractivity contribution < 1.29 is 8.42 Å². The summed E-state index contributed by atoms with van der Waals surface area (Å²) in [5.41, 5.74) is 1.61. The molecule has 0 bridgehead atoms. The lowest BCUT2D eigenvalue weighted by atomic mass is 10.2. The number of fused-ring (bicyclic) bond motifs is 3. The van der Waals surface area contributed by atoms with Crippen LogP contribution >= 0.6 is 0 Å². The third kappa shape index (κ3) is 2.93. The van der Waals surface area contributed by atoms with Crippen LogP contribution in [0.3, 0.4) is 0 Å². The van der Waals surface area contributed by atoms with Crippen molar-refractivity contribution in [1.82, 2.24) is 23.9 Å². The second kappa shape index (κ2) is 6.78. The molecule has 1 aliphatic rings. The number of anilines is 1. The molecule has 1 aliphatic heterocycles. The summed E-state index contributed by atoms with van der Waals surface area (Å²) in [6.45, 7) is 3.78. The first-order valence-corrected chi connectivity index (χ1v) is 10.9. The Kier molecular flexibility index (Phi) is 4.21. The van der Waals surface area contributed by atoms with Crippen LogP contribution in [-0.4, -0.2) is 58.5 Å². The maximum absolute atomic E-state index is 12.9. The van der Waals surface area contributed by atoms with E-state index in [0.717, 1.165) is 28.3 Å². The van der Waals surface area contributed by atoms with E-state index >= 15 is 0 Å². The fourth-order valence-electron chi connectivity index (χ4n) is 3.78. The Balaban J connectivity index is 1.48. The summed E-state index contributed by atoms with van der Waals surface area (Å²) >= 11 is 0. The number of piperazine rings is 1. The molecular weight excluding hydrogens is 388 g/mol. The fraction of sp³-hybridized carbons (Fsp3) is 0.250. The summed E-state index contributed by atoms with van der Waals surface area (Å²) in [6, 6.07) is 16.4. The number of hydrogen-bond donors (Lipinski definition) is 0. The molecular formula is C20H20N6O2S. The molecule has 9 heteroatoms. The third-order valence-electron chi connectivity index (χ3n) is 5.29. The van der Waals surface area contributed by atoms with Crippen molar-refractivity contribution in [3.8, 4) is 0 Å². The number of sulfonamides is 1. The molecule has 2 aromatic heterocycles. The van der Waals surface area contributed by atoms with Gasteiger partial charge in [-0.2, -0.15) is 4.31 Å². The summed E-state index contributed by atoms with van der Waals surface area (Å²) in [4.78, 5) is 7.28. The Hall–Kier alpha value is -3.04. The van der Waals surface area contributed by atoms with E-state index in [1.807, 2.05) is 41.7 Å². The zero-order valence-electron chi connectivity index (χ0n) is 15.9. The van der Waals surface area contributed by atoms with Crippen LogP contribution in [0.5, 0.6) is 0 Å². The molecule has 0 aliphatic carbocycles. The minimum absolute atomic E-state index is 0.328. The van der Waals surface area contributed by atoms with Gasteiger partial charge < -0.3 is 4.90 Å². The fourth-order valence-corrected chi connectivity index (χ4v) is 5.22. The van der Waals surface area contributed by atoms with Crippen LogP contribution in [0, 0.1) is 6.92 Å². The second-order valence-corrected chi connectivity index (χ2v) is 8.98. The molecule has 4 aromatic rings. The zero-order chi connectivity index (χ0) is 20.0. The minimum atomic E-state index is -3.49. The number of para-hydroxylation sites is 1. The Morgan fingerprint density at radius 3 is 2.31 bits per heavy atom. The van der Waals surface area contributed by atoms with E-state index in [4.69, 9.17) is 4.98 Å². The lowest BCUT2D eigenvalue weighted by Gasteiger charge is -2.34. The lowest BCUT2D eigenvalue weighted by molar-refractivity contribution is 0.382. The van der Waals surface area contributed by atoms with Gasteiger partial charge in [0.25, 0.3) is 0 Å². The molecule has 0 radical (unpaired) electrons. The summed E-state index contributed by atoms with van der Waals surface area (Å²) in [5.74, 6) is 1.51. The van der Waals surface area contributed by atoms with Crippen molar-refractivity contribution in [3.05, 3.63) is 60.4 Å². The molecule has 5 rings (SSSR count). The molecule has 0 amide bonds. The van der Waals surface area contributed by atoms with Gasteiger partial charge in [-0.1, -0.05) is 30.3 Å². The highest BCUT2D eigenvalue weighted by Gasteiger charge is 2.30. The predicted octanol–water partition coefficient (Wildman–Crippen LogP) is 2.10. The molecule has 0 N–H and O–H groups in total. The Bertz CT molecular complexity index is 1290. The maximum atomic E-state index is 12.9. The van der Waals surface area contributed by atoms with Crippen LogP contribution in [0.4, 0.5) is 5.95 Å². The van der Waals surface area contributed by atoms with Gasteiger partial charge in [-0.05, 0) is 31.2 Å². The van der Waals surface area contributed by atoms with Crippen LogP contribution < -0.4 is 4.90 Å². The summed E-state index contributed by atoms with van der Waals surface area (Å²) < 4.78 is 29.3. The number of nitrogens with zero attached hydrogens (tertiary/aromatic N) is 6. The Labute approximate surface area is 168 Å². The van der Waals surface area contributed by atoms with Crippen molar-refractivity contribution in [2.75, 3.05) is 31.1 Å². The normalized spacial score (nSPS) is 16.0. The first-order valence-electron chi connectivity index (χ1n) is 9.46. The quantitative estimate of drug-likeness (QED) is 0.516. The van der Waals surface area contributed by atoms with Gasteiger partial charge >= 0.3 is 0 Å². The number of benzene rings is 2.